The van der Waals surface area contributed by atoms with Crippen molar-refractivity contribution in [2.45, 2.75) is 96.9 Å². The fourth-order valence-corrected chi connectivity index (χ4v) is 3.51. The van der Waals surface area contributed by atoms with Crippen LogP contribution in [-0.2, 0) is 14.3 Å². The lowest BCUT2D eigenvalue weighted by Gasteiger charge is -2.17. The molecule has 1 rings (SSSR count). The van der Waals surface area contributed by atoms with Crippen molar-refractivity contribution in [2.75, 3.05) is 13.2 Å². The molecule has 37 heavy (non-hydrogen) atoms. The first-order chi connectivity index (χ1) is 17.7. The second kappa shape index (κ2) is 21.9. The smallest absolute Gasteiger partial charge is 0.339 e. The van der Waals surface area contributed by atoms with Gasteiger partial charge in [-0.05, 0) is 38.3 Å². The Balaban J connectivity index is 0.00000107. The molecule has 0 aliphatic carbocycles. The number of nitrogens with two attached hydrogens (primary N) is 2. The number of nitrogens with zero attached hydrogens (tertiary/aromatic N) is 1. The van der Waals surface area contributed by atoms with Gasteiger partial charge in [0.05, 0.1) is 6.61 Å². The summed E-state index contributed by atoms with van der Waals surface area (Å²) < 4.78 is 5.04. The van der Waals surface area contributed by atoms with Crippen LogP contribution in [0.3, 0.4) is 0 Å². The number of hydrogen-bond acceptors (Lipinski definition) is 6. The lowest BCUT2D eigenvalue weighted by molar-refractivity contribution is -0.147. The number of nitrogens with one attached hydrogen (secondary N) is 1. The molecule has 1 aromatic carbocycles. The van der Waals surface area contributed by atoms with Gasteiger partial charge in [-0.2, -0.15) is 0 Å². The molecule has 0 aliphatic rings. The molecule has 0 unspecified atom stereocenters. The number of carbonyl (C=O) groups is 3. The number of guanidine groups is 1. The molecule has 1 atom stereocenters. The normalized spacial score (nSPS) is 11.0. The third kappa shape index (κ3) is 18.6. The monoisotopic (exact) mass is 522 g/mol. The van der Waals surface area contributed by atoms with Gasteiger partial charge in [0, 0.05) is 13.0 Å². The van der Waals surface area contributed by atoms with Crippen LogP contribution in [0.15, 0.2) is 29.3 Å². The van der Waals surface area contributed by atoms with E-state index >= 15 is 0 Å². The van der Waals surface area contributed by atoms with Crippen LogP contribution in [0.2, 0.25) is 0 Å². The van der Waals surface area contributed by atoms with E-state index in [1.807, 2.05) is 0 Å². The molecule has 210 valence electrons. The van der Waals surface area contributed by atoms with Crippen molar-refractivity contribution in [1.29, 1.82) is 0 Å². The molecular formula is C27H46N4O6. The van der Waals surface area contributed by atoms with Crippen molar-refractivity contribution in [3.8, 4) is 5.75 Å². The van der Waals surface area contributed by atoms with Crippen molar-refractivity contribution in [1.82, 2.24) is 5.32 Å². The second-order valence-corrected chi connectivity index (χ2v) is 8.72. The van der Waals surface area contributed by atoms with Crippen LogP contribution in [0.1, 0.15) is 101 Å². The number of ether oxygens (including phenoxy) is 1. The number of phenols is 1. The first kappa shape index (κ1) is 33.7. The summed E-state index contributed by atoms with van der Waals surface area (Å²) in [5.41, 5.74) is 10.5. The van der Waals surface area contributed by atoms with Gasteiger partial charge in [-0.3, -0.25) is 9.79 Å². The van der Waals surface area contributed by atoms with Crippen LogP contribution in [-0.4, -0.2) is 53.2 Å². The summed E-state index contributed by atoms with van der Waals surface area (Å²) >= 11 is 0. The number of hydrogen-bond donors (Lipinski definition) is 5. The van der Waals surface area contributed by atoms with Gasteiger partial charge in [-0.25, -0.2) is 9.59 Å². The number of carbonyl (C=O) groups excluding carboxylic acids is 2. The van der Waals surface area contributed by atoms with Crippen LogP contribution in [0.4, 0.5) is 0 Å². The number of aromatic carboxylic acids is 1. The van der Waals surface area contributed by atoms with E-state index in [1.54, 1.807) is 19.1 Å². The molecule has 0 aliphatic heterocycles. The van der Waals surface area contributed by atoms with Crippen molar-refractivity contribution in [3.63, 3.8) is 0 Å². The highest BCUT2D eigenvalue weighted by molar-refractivity contribution is 5.90. The van der Waals surface area contributed by atoms with E-state index in [9.17, 15) is 14.4 Å². The quantitative estimate of drug-likeness (QED) is 0.0827. The van der Waals surface area contributed by atoms with Gasteiger partial charge < -0.3 is 31.7 Å². The highest BCUT2D eigenvalue weighted by atomic mass is 16.5. The molecule has 0 heterocycles. The molecule has 1 aromatic rings. The number of carboxylic acid groups (broad SMARTS) is 1. The first-order valence-electron chi connectivity index (χ1n) is 13.3. The zero-order valence-electron chi connectivity index (χ0n) is 22.4. The standard InChI is InChI=1S/C20H40N4O3.C7H6O3/c1-3-5-6-7-8-9-10-11-12-15-18(25)24-17(19(26)27-4-2)14-13-16-23-20(21)22;8-6-4-2-1-3-5(6)7(9)10/h17H,3-16H2,1-2H3,(H,24,25)(H4,21,22,23);1-4,8H,(H,9,10)/t17-;/m0./s1. The van der Waals surface area contributed by atoms with E-state index < -0.39 is 18.0 Å². The summed E-state index contributed by atoms with van der Waals surface area (Å²) in [5.74, 6) is -1.79. The molecule has 0 spiro atoms. The van der Waals surface area contributed by atoms with Gasteiger partial charge >= 0.3 is 11.9 Å². The van der Waals surface area contributed by atoms with Gasteiger partial charge in [-0.1, -0.05) is 70.4 Å². The minimum atomic E-state index is -1.11. The average Bonchev–Trinajstić information content (AvgIpc) is 2.85. The van der Waals surface area contributed by atoms with Crippen molar-refractivity contribution in [3.05, 3.63) is 29.8 Å². The Morgan fingerprint density at radius 2 is 1.54 bits per heavy atom. The summed E-state index contributed by atoms with van der Waals surface area (Å²) in [5, 5.41) is 20.1. The van der Waals surface area contributed by atoms with Gasteiger partial charge in [-0.15, -0.1) is 0 Å². The minimum Gasteiger partial charge on any atom is -0.507 e. The minimum absolute atomic E-state index is 0.0251. The second-order valence-electron chi connectivity index (χ2n) is 8.72. The van der Waals surface area contributed by atoms with Gasteiger partial charge in [0.1, 0.15) is 17.4 Å². The Morgan fingerprint density at radius 1 is 0.946 bits per heavy atom. The molecule has 0 aromatic heterocycles. The SMILES string of the molecule is CCCCCCCCCCCC(=O)N[C@@H](CCCN=C(N)N)C(=O)OCC.O=C(O)c1ccccc1O. The molecule has 0 radical (unpaired) electrons. The van der Waals surface area contributed by atoms with E-state index in [0.29, 0.717) is 25.8 Å². The molecule has 10 nitrogen and oxygen atoms in total. The Bertz CT molecular complexity index is 812. The van der Waals surface area contributed by atoms with Gasteiger partial charge in [0.25, 0.3) is 0 Å². The average molecular weight is 523 g/mol. The molecule has 7 N–H and O–H groups in total. The summed E-state index contributed by atoms with van der Waals surface area (Å²) in [6.45, 7) is 4.68. The molecule has 1 amide bonds. The fourth-order valence-electron chi connectivity index (χ4n) is 3.51. The third-order valence-corrected chi connectivity index (χ3v) is 5.49. The van der Waals surface area contributed by atoms with Gasteiger partial charge in [0.2, 0.25) is 5.91 Å². The number of amides is 1. The molecule has 0 fully saturated rings. The predicted molar refractivity (Wildman–Crippen MR) is 145 cm³/mol. The Hall–Kier alpha value is -3.30. The zero-order chi connectivity index (χ0) is 27.9. The number of para-hydroxylation sites is 1. The lowest BCUT2D eigenvalue weighted by Crippen LogP contribution is -2.42. The van der Waals surface area contributed by atoms with Crippen LogP contribution in [0, 0.1) is 0 Å². The topological polar surface area (TPSA) is 177 Å². The van der Waals surface area contributed by atoms with E-state index in [-0.39, 0.29) is 29.8 Å². The largest absolute Gasteiger partial charge is 0.507 e. The number of aliphatic imine (C=N–C) groups is 1. The number of aromatic hydroxyl groups is 1. The maximum Gasteiger partial charge on any atom is 0.339 e. The third-order valence-electron chi connectivity index (χ3n) is 5.49. The van der Waals surface area contributed by atoms with Crippen LogP contribution >= 0.6 is 0 Å². The molecular weight excluding hydrogens is 476 g/mol. The zero-order valence-corrected chi connectivity index (χ0v) is 22.4. The number of unbranched alkanes of at least 4 members (excludes halogenated alkanes) is 8. The summed E-state index contributed by atoms with van der Waals surface area (Å²) in [4.78, 5) is 38.3. The summed E-state index contributed by atoms with van der Waals surface area (Å²) in [7, 11) is 0. The maximum atomic E-state index is 12.1. The summed E-state index contributed by atoms with van der Waals surface area (Å²) in [6, 6.07) is 5.18. The number of benzene rings is 1. The lowest BCUT2D eigenvalue weighted by atomic mass is 10.1. The molecule has 0 bridgehead atoms. The van der Waals surface area contributed by atoms with E-state index in [1.165, 1.54) is 57.1 Å². The van der Waals surface area contributed by atoms with Crippen LogP contribution in [0.25, 0.3) is 0 Å². The highest BCUT2D eigenvalue weighted by Gasteiger charge is 2.21. The first-order valence-corrected chi connectivity index (χ1v) is 13.3. The predicted octanol–water partition coefficient (Wildman–Crippen LogP) is 4.10. The summed E-state index contributed by atoms with van der Waals surface area (Å²) in [6.07, 6.45) is 12.3. The maximum absolute atomic E-state index is 12.1. The van der Waals surface area contributed by atoms with Crippen molar-refractivity contribution >= 4 is 23.8 Å². The number of esters is 1. The van der Waals surface area contributed by atoms with Crippen molar-refractivity contribution in [2.24, 2.45) is 16.5 Å². The van der Waals surface area contributed by atoms with Crippen LogP contribution in [0.5, 0.6) is 5.75 Å². The fraction of sp³-hybridized carbons (Fsp3) is 0.630. The molecule has 10 heteroatoms. The van der Waals surface area contributed by atoms with E-state index in [2.05, 4.69) is 17.2 Å². The Morgan fingerprint density at radius 3 is 2.05 bits per heavy atom. The van der Waals surface area contributed by atoms with Crippen molar-refractivity contribution < 1.29 is 29.3 Å². The number of carboxylic acids is 1. The molecule has 0 saturated heterocycles. The van der Waals surface area contributed by atoms with Crippen LogP contribution < -0.4 is 16.8 Å². The van der Waals surface area contributed by atoms with E-state index in [4.69, 9.17) is 26.4 Å². The van der Waals surface area contributed by atoms with E-state index in [0.717, 1.165) is 12.8 Å². The molecule has 0 saturated carbocycles. The van der Waals surface area contributed by atoms with Gasteiger partial charge in [0.15, 0.2) is 5.96 Å². The Kier molecular flexibility index (Phi) is 20.0. The Labute approximate surface area is 220 Å². The highest BCUT2D eigenvalue weighted by Crippen LogP contribution is 2.14. The number of rotatable bonds is 18.